The van der Waals surface area contributed by atoms with Gasteiger partial charge in [-0.05, 0) is 42.5 Å². The molecule has 0 spiro atoms. The van der Waals surface area contributed by atoms with Crippen LogP contribution in [0.1, 0.15) is 5.82 Å². The van der Waals surface area contributed by atoms with Crippen LogP contribution in [0.2, 0.25) is 0 Å². The fourth-order valence-electron chi connectivity index (χ4n) is 2.65. The SMILES string of the molecule is C=Cc1ncc2c(n1)c(-c1ccc(Oc3ccccc3)cc1)nn2C. The molecule has 2 aromatic heterocycles. The van der Waals surface area contributed by atoms with Crippen LogP contribution in [-0.4, -0.2) is 19.7 Å². The molecule has 2 aromatic carbocycles. The van der Waals surface area contributed by atoms with Crippen LogP contribution in [0.15, 0.2) is 67.4 Å². The summed E-state index contributed by atoms with van der Waals surface area (Å²) in [6.07, 6.45) is 3.40. The van der Waals surface area contributed by atoms with Gasteiger partial charge < -0.3 is 4.74 Å². The maximum absolute atomic E-state index is 5.83. The van der Waals surface area contributed by atoms with Crippen molar-refractivity contribution >= 4 is 17.1 Å². The molecule has 4 rings (SSSR count). The van der Waals surface area contributed by atoms with Gasteiger partial charge >= 0.3 is 0 Å². The van der Waals surface area contributed by atoms with Gasteiger partial charge in [-0.2, -0.15) is 5.10 Å². The van der Waals surface area contributed by atoms with Crippen molar-refractivity contribution in [2.45, 2.75) is 0 Å². The van der Waals surface area contributed by atoms with Crippen molar-refractivity contribution in [1.82, 2.24) is 19.7 Å². The van der Waals surface area contributed by atoms with Crippen molar-refractivity contribution < 1.29 is 4.74 Å². The van der Waals surface area contributed by atoms with Crippen molar-refractivity contribution in [1.29, 1.82) is 0 Å². The van der Waals surface area contributed by atoms with E-state index in [1.807, 2.05) is 61.6 Å². The Morgan fingerprint density at radius 2 is 1.72 bits per heavy atom. The van der Waals surface area contributed by atoms with E-state index in [2.05, 4.69) is 21.6 Å². The molecule has 0 unspecified atom stereocenters. The molecule has 0 saturated heterocycles. The van der Waals surface area contributed by atoms with Crippen LogP contribution in [-0.2, 0) is 7.05 Å². The van der Waals surface area contributed by atoms with E-state index >= 15 is 0 Å². The minimum absolute atomic E-state index is 0.589. The molecule has 5 heteroatoms. The number of hydrogen-bond donors (Lipinski definition) is 0. The molecule has 0 saturated carbocycles. The van der Waals surface area contributed by atoms with Crippen LogP contribution in [0.4, 0.5) is 0 Å². The summed E-state index contributed by atoms with van der Waals surface area (Å²) in [6, 6.07) is 17.5. The van der Waals surface area contributed by atoms with E-state index in [4.69, 9.17) is 4.74 Å². The number of rotatable bonds is 4. The van der Waals surface area contributed by atoms with E-state index in [-0.39, 0.29) is 0 Å². The summed E-state index contributed by atoms with van der Waals surface area (Å²) < 4.78 is 7.62. The lowest BCUT2D eigenvalue weighted by atomic mass is 10.1. The summed E-state index contributed by atoms with van der Waals surface area (Å²) in [5.74, 6) is 2.17. The van der Waals surface area contributed by atoms with E-state index in [0.29, 0.717) is 5.82 Å². The van der Waals surface area contributed by atoms with Gasteiger partial charge in [0, 0.05) is 12.6 Å². The lowest BCUT2D eigenvalue weighted by Gasteiger charge is -2.06. The van der Waals surface area contributed by atoms with Crippen LogP contribution in [0.3, 0.4) is 0 Å². The molecule has 25 heavy (non-hydrogen) atoms. The van der Waals surface area contributed by atoms with Gasteiger partial charge in [0.2, 0.25) is 0 Å². The Labute approximate surface area is 145 Å². The molecule has 0 amide bonds. The van der Waals surface area contributed by atoms with Gasteiger partial charge in [-0.25, -0.2) is 9.97 Å². The van der Waals surface area contributed by atoms with E-state index in [0.717, 1.165) is 33.8 Å². The molecule has 0 radical (unpaired) electrons. The highest BCUT2D eigenvalue weighted by atomic mass is 16.5. The quantitative estimate of drug-likeness (QED) is 0.555. The van der Waals surface area contributed by atoms with Crippen LogP contribution >= 0.6 is 0 Å². The molecular formula is C20H16N4O. The number of hydrogen-bond acceptors (Lipinski definition) is 4. The maximum atomic E-state index is 5.83. The average molecular weight is 328 g/mol. The number of nitrogens with zero attached hydrogens (tertiary/aromatic N) is 4. The van der Waals surface area contributed by atoms with Crippen molar-refractivity contribution in [3.8, 4) is 22.8 Å². The largest absolute Gasteiger partial charge is 0.457 e. The minimum Gasteiger partial charge on any atom is -0.457 e. The second-order valence-corrected chi connectivity index (χ2v) is 5.58. The van der Waals surface area contributed by atoms with Crippen molar-refractivity contribution in [3.63, 3.8) is 0 Å². The first-order valence-corrected chi connectivity index (χ1v) is 7.90. The van der Waals surface area contributed by atoms with Crippen molar-refractivity contribution in [2.24, 2.45) is 7.05 Å². The zero-order valence-corrected chi connectivity index (χ0v) is 13.8. The number of aryl methyl sites for hydroxylation is 1. The molecular weight excluding hydrogens is 312 g/mol. The predicted molar refractivity (Wildman–Crippen MR) is 98.3 cm³/mol. The fraction of sp³-hybridized carbons (Fsp3) is 0.0500. The highest BCUT2D eigenvalue weighted by molar-refractivity contribution is 5.89. The van der Waals surface area contributed by atoms with Crippen molar-refractivity contribution in [2.75, 3.05) is 0 Å². The van der Waals surface area contributed by atoms with Gasteiger partial charge in [0.05, 0.1) is 6.20 Å². The molecule has 4 aromatic rings. The molecule has 0 aliphatic heterocycles. The van der Waals surface area contributed by atoms with Gasteiger partial charge in [0.15, 0.2) is 5.82 Å². The second kappa shape index (κ2) is 6.20. The van der Waals surface area contributed by atoms with Crippen LogP contribution < -0.4 is 4.74 Å². The summed E-state index contributed by atoms with van der Waals surface area (Å²) >= 11 is 0. The first kappa shape index (κ1) is 15.1. The molecule has 2 heterocycles. The third-order valence-corrected chi connectivity index (χ3v) is 3.90. The Morgan fingerprint density at radius 1 is 1.00 bits per heavy atom. The minimum atomic E-state index is 0.589. The third-order valence-electron chi connectivity index (χ3n) is 3.90. The van der Waals surface area contributed by atoms with Gasteiger partial charge in [-0.1, -0.05) is 24.8 Å². The standard InChI is InChI=1S/C20H16N4O/c1-3-18-21-13-17-20(22-18)19(23-24(17)2)14-9-11-16(12-10-14)25-15-7-5-4-6-8-15/h3-13H,1H2,2H3. The molecule has 0 aliphatic rings. The summed E-state index contributed by atoms with van der Waals surface area (Å²) in [7, 11) is 1.88. The Kier molecular flexibility index (Phi) is 3.74. The van der Waals surface area contributed by atoms with Gasteiger partial charge in [0.1, 0.15) is 28.2 Å². The molecule has 0 aliphatic carbocycles. The van der Waals surface area contributed by atoms with Gasteiger partial charge in [0.25, 0.3) is 0 Å². The maximum Gasteiger partial charge on any atom is 0.152 e. The zero-order chi connectivity index (χ0) is 17.2. The monoisotopic (exact) mass is 328 g/mol. The lowest BCUT2D eigenvalue weighted by molar-refractivity contribution is 0.483. The lowest BCUT2D eigenvalue weighted by Crippen LogP contribution is -1.91. The topological polar surface area (TPSA) is 52.8 Å². The Bertz CT molecular complexity index is 1040. The Morgan fingerprint density at radius 3 is 2.44 bits per heavy atom. The molecule has 0 N–H and O–H groups in total. The van der Waals surface area contributed by atoms with E-state index in [1.165, 1.54) is 0 Å². The van der Waals surface area contributed by atoms with E-state index in [9.17, 15) is 0 Å². The van der Waals surface area contributed by atoms with Crippen molar-refractivity contribution in [3.05, 3.63) is 73.2 Å². The molecule has 0 fully saturated rings. The number of ether oxygens (including phenoxy) is 1. The number of fused-ring (bicyclic) bond motifs is 1. The fourth-order valence-corrected chi connectivity index (χ4v) is 2.65. The first-order chi connectivity index (χ1) is 12.2. The number of aromatic nitrogens is 4. The molecule has 122 valence electrons. The molecule has 0 atom stereocenters. The van der Waals surface area contributed by atoms with Crippen LogP contribution in [0, 0.1) is 0 Å². The molecule has 0 bridgehead atoms. The van der Waals surface area contributed by atoms with Crippen LogP contribution in [0.5, 0.6) is 11.5 Å². The number of para-hydroxylation sites is 1. The zero-order valence-electron chi connectivity index (χ0n) is 13.8. The normalized spacial score (nSPS) is 10.8. The highest BCUT2D eigenvalue weighted by Gasteiger charge is 2.13. The van der Waals surface area contributed by atoms with Crippen LogP contribution in [0.25, 0.3) is 28.4 Å². The molecule has 5 nitrogen and oxygen atoms in total. The first-order valence-electron chi connectivity index (χ1n) is 7.90. The Balaban J connectivity index is 1.70. The van der Waals surface area contributed by atoms with E-state index < -0.39 is 0 Å². The highest BCUT2D eigenvalue weighted by Crippen LogP contribution is 2.29. The van der Waals surface area contributed by atoms with Gasteiger partial charge in [-0.15, -0.1) is 0 Å². The summed E-state index contributed by atoms with van der Waals surface area (Å²) in [4.78, 5) is 8.78. The average Bonchev–Trinajstić information content (AvgIpc) is 2.99. The predicted octanol–water partition coefficient (Wildman–Crippen LogP) is 4.47. The second-order valence-electron chi connectivity index (χ2n) is 5.58. The van der Waals surface area contributed by atoms with Gasteiger partial charge in [-0.3, -0.25) is 4.68 Å². The Hall–Kier alpha value is -3.47. The summed E-state index contributed by atoms with van der Waals surface area (Å²) in [5, 5.41) is 4.59. The third kappa shape index (κ3) is 2.87. The summed E-state index contributed by atoms with van der Waals surface area (Å²) in [5.41, 5.74) is 3.48. The summed E-state index contributed by atoms with van der Waals surface area (Å²) in [6.45, 7) is 3.73. The smallest absolute Gasteiger partial charge is 0.152 e. The number of benzene rings is 2. The van der Waals surface area contributed by atoms with E-state index in [1.54, 1.807) is 17.0 Å².